The molecule has 27 heavy (non-hydrogen) atoms. The summed E-state index contributed by atoms with van der Waals surface area (Å²) < 4.78 is 5.64. The number of aromatic hydroxyl groups is 1. The lowest BCUT2D eigenvalue weighted by atomic mass is 10.0. The first kappa shape index (κ1) is 18.4. The number of aliphatic carboxylic acids is 1. The third kappa shape index (κ3) is 3.75. The van der Waals surface area contributed by atoms with Crippen LogP contribution in [-0.2, 0) is 4.79 Å². The first-order valence-electron chi connectivity index (χ1n) is 7.85. The summed E-state index contributed by atoms with van der Waals surface area (Å²) in [5.41, 5.74) is 0.639. The van der Waals surface area contributed by atoms with Crippen molar-refractivity contribution in [3.63, 3.8) is 0 Å². The molecule has 0 aliphatic rings. The third-order valence-corrected chi connectivity index (χ3v) is 4.88. The van der Waals surface area contributed by atoms with Gasteiger partial charge in [0.1, 0.15) is 17.9 Å². The molecule has 7 nitrogen and oxygen atoms in total. The standard InChI is InChI=1S/C19H15NO6S/c1-26-12-5-2-10(3-6-12)11-4-7-13-14(8-11)27-19(25)16(17(13)23)18(24)20-9-15(21)22/h2-8,25H,9H2,1H3,(H,20,24)(H,21,22). The number of fused-ring (bicyclic) bond motifs is 1. The maximum atomic E-state index is 12.6. The molecule has 0 fully saturated rings. The van der Waals surface area contributed by atoms with E-state index in [-0.39, 0.29) is 5.39 Å². The number of methoxy groups -OCH3 is 1. The number of hydrogen-bond donors (Lipinski definition) is 3. The van der Waals surface area contributed by atoms with Gasteiger partial charge in [-0.15, -0.1) is 0 Å². The SMILES string of the molecule is COc1ccc(-c2ccc3c(=O)c(C(=O)NCC(=O)O)c(O)sc3c2)cc1. The predicted molar refractivity (Wildman–Crippen MR) is 102 cm³/mol. The minimum Gasteiger partial charge on any atom is -0.499 e. The zero-order valence-electron chi connectivity index (χ0n) is 14.2. The molecule has 8 heteroatoms. The van der Waals surface area contributed by atoms with E-state index in [1.807, 2.05) is 24.3 Å². The van der Waals surface area contributed by atoms with Crippen molar-refractivity contribution in [2.75, 3.05) is 13.7 Å². The van der Waals surface area contributed by atoms with Gasteiger partial charge in [-0.3, -0.25) is 14.4 Å². The number of ether oxygens (including phenoxy) is 1. The summed E-state index contributed by atoms with van der Waals surface area (Å²) in [6.45, 7) is -0.642. The quantitative estimate of drug-likeness (QED) is 0.622. The maximum absolute atomic E-state index is 12.6. The Labute approximate surface area is 157 Å². The Hall–Kier alpha value is -3.39. The molecule has 138 valence electrons. The highest BCUT2D eigenvalue weighted by Crippen LogP contribution is 2.31. The fourth-order valence-electron chi connectivity index (χ4n) is 2.59. The van der Waals surface area contributed by atoms with Gasteiger partial charge in [0.25, 0.3) is 5.91 Å². The Morgan fingerprint density at radius 3 is 2.41 bits per heavy atom. The second kappa shape index (κ2) is 7.46. The first-order valence-corrected chi connectivity index (χ1v) is 8.66. The molecule has 3 aromatic rings. The van der Waals surface area contributed by atoms with Crippen LogP contribution in [0.5, 0.6) is 10.8 Å². The van der Waals surface area contributed by atoms with Crippen molar-refractivity contribution < 1.29 is 24.5 Å². The molecular formula is C19H15NO6S. The smallest absolute Gasteiger partial charge is 0.322 e. The summed E-state index contributed by atoms with van der Waals surface area (Å²) in [7, 11) is 1.58. The highest BCUT2D eigenvalue weighted by Gasteiger charge is 2.20. The van der Waals surface area contributed by atoms with Crippen LogP contribution in [0.15, 0.2) is 47.3 Å². The van der Waals surface area contributed by atoms with Crippen molar-refractivity contribution in [1.82, 2.24) is 5.32 Å². The average molecular weight is 385 g/mol. The maximum Gasteiger partial charge on any atom is 0.322 e. The van der Waals surface area contributed by atoms with Gasteiger partial charge < -0.3 is 20.3 Å². The Morgan fingerprint density at radius 2 is 1.78 bits per heavy atom. The molecule has 0 unspecified atom stereocenters. The lowest BCUT2D eigenvalue weighted by Crippen LogP contribution is -2.32. The fraction of sp³-hybridized carbons (Fsp3) is 0.105. The zero-order chi connectivity index (χ0) is 19.6. The molecule has 1 aromatic heterocycles. The van der Waals surface area contributed by atoms with Crippen LogP contribution in [0.1, 0.15) is 10.4 Å². The van der Waals surface area contributed by atoms with E-state index in [9.17, 15) is 19.5 Å². The van der Waals surface area contributed by atoms with Crippen molar-refractivity contribution in [3.8, 4) is 21.9 Å². The van der Waals surface area contributed by atoms with Crippen molar-refractivity contribution in [2.24, 2.45) is 0 Å². The summed E-state index contributed by atoms with van der Waals surface area (Å²) in [5.74, 6) is -1.44. The van der Waals surface area contributed by atoms with Crippen LogP contribution < -0.4 is 15.5 Å². The third-order valence-electron chi connectivity index (χ3n) is 3.92. The highest BCUT2D eigenvalue weighted by atomic mass is 32.1. The monoisotopic (exact) mass is 385 g/mol. The number of carbonyl (C=O) groups is 2. The number of hydrogen-bond acceptors (Lipinski definition) is 6. The molecule has 0 spiro atoms. The number of benzene rings is 2. The number of carboxylic acid groups (broad SMARTS) is 1. The first-order chi connectivity index (χ1) is 12.9. The molecule has 1 heterocycles. The van der Waals surface area contributed by atoms with E-state index in [2.05, 4.69) is 5.32 Å². The van der Waals surface area contributed by atoms with Gasteiger partial charge in [-0.05, 0) is 35.4 Å². The van der Waals surface area contributed by atoms with Gasteiger partial charge in [0.2, 0.25) is 5.43 Å². The molecule has 3 N–H and O–H groups in total. The van der Waals surface area contributed by atoms with Crippen LogP contribution in [0.2, 0.25) is 0 Å². The Kier molecular flexibility index (Phi) is 5.09. The van der Waals surface area contributed by atoms with Crippen molar-refractivity contribution >= 4 is 33.3 Å². The van der Waals surface area contributed by atoms with Crippen molar-refractivity contribution in [3.05, 3.63) is 58.3 Å². The van der Waals surface area contributed by atoms with Crippen LogP contribution in [-0.4, -0.2) is 35.7 Å². The second-order valence-electron chi connectivity index (χ2n) is 5.63. The molecule has 0 aliphatic carbocycles. The molecule has 3 rings (SSSR count). The zero-order valence-corrected chi connectivity index (χ0v) is 15.0. The minimum atomic E-state index is -1.25. The number of nitrogens with one attached hydrogen (secondary N) is 1. The van der Waals surface area contributed by atoms with E-state index in [0.29, 0.717) is 4.70 Å². The Morgan fingerprint density at radius 1 is 1.11 bits per heavy atom. The highest BCUT2D eigenvalue weighted by molar-refractivity contribution is 7.20. The van der Waals surface area contributed by atoms with E-state index in [0.717, 1.165) is 28.2 Å². The van der Waals surface area contributed by atoms with Crippen LogP contribution >= 0.6 is 11.3 Å². The molecule has 0 radical (unpaired) electrons. The van der Waals surface area contributed by atoms with E-state index >= 15 is 0 Å². The molecular weight excluding hydrogens is 370 g/mol. The number of carbonyl (C=O) groups excluding carboxylic acids is 1. The summed E-state index contributed by atoms with van der Waals surface area (Å²) in [6, 6.07) is 12.5. The molecule has 0 saturated carbocycles. The van der Waals surface area contributed by atoms with E-state index in [4.69, 9.17) is 9.84 Å². The summed E-state index contributed by atoms with van der Waals surface area (Å²) in [6.07, 6.45) is 0. The summed E-state index contributed by atoms with van der Waals surface area (Å²) in [4.78, 5) is 35.2. The van der Waals surface area contributed by atoms with Gasteiger partial charge in [0, 0.05) is 10.1 Å². The Balaban J connectivity index is 2.03. The molecule has 0 saturated heterocycles. The minimum absolute atomic E-state index is 0.274. The van der Waals surface area contributed by atoms with Gasteiger partial charge in [-0.25, -0.2) is 0 Å². The molecule has 0 aliphatic heterocycles. The molecule has 2 aromatic carbocycles. The second-order valence-corrected chi connectivity index (χ2v) is 6.66. The normalized spacial score (nSPS) is 10.6. The van der Waals surface area contributed by atoms with Gasteiger partial charge in [0.15, 0.2) is 5.06 Å². The predicted octanol–water partition coefficient (Wildman–Crippen LogP) is 2.46. The topological polar surface area (TPSA) is 113 Å². The average Bonchev–Trinajstić information content (AvgIpc) is 2.66. The van der Waals surface area contributed by atoms with E-state index in [1.165, 1.54) is 0 Å². The van der Waals surface area contributed by atoms with E-state index < -0.39 is 34.5 Å². The van der Waals surface area contributed by atoms with Gasteiger partial charge in [-0.1, -0.05) is 29.5 Å². The van der Waals surface area contributed by atoms with Crippen LogP contribution in [0.3, 0.4) is 0 Å². The van der Waals surface area contributed by atoms with E-state index in [1.54, 1.807) is 25.3 Å². The number of rotatable bonds is 5. The molecule has 1 amide bonds. The van der Waals surface area contributed by atoms with Crippen molar-refractivity contribution in [1.29, 1.82) is 0 Å². The van der Waals surface area contributed by atoms with Gasteiger partial charge >= 0.3 is 5.97 Å². The van der Waals surface area contributed by atoms with Crippen LogP contribution in [0.25, 0.3) is 21.2 Å². The Bertz CT molecular complexity index is 1090. The fourth-order valence-corrected chi connectivity index (χ4v) is 3.54. The van der Waals surface area contributed by atoms with Crippen LogP contribution in [0, 0.1) is 0 Å². The molecule has 0 bridgehead atoms. The molecule has 0 atom stereocenters. The van der Waals surface area contributed by atoms with Crippen LogP contribution in [0.4, 0.5) is 0 Å². The lowest BCUT2D eigenvalue weighted by molar-refractivity contribution is -0.135. The van der Waals surface area contributed by atoms with Gasteiger partial charge in [-0.2, -0.15) is 0 Å². The lowest BCUT2D eigenvalue weighted by Gasteiger charge is -2.08. The summed E-state index contributed by atoms with van der Waals surface area (Å²) >= 11 is 0.884. The van der Waals surface area contributed by atoms with Gasteiger partial charge in [0.05, 0.1) is 7.11 Å². The summed E-state index contributed by atoms with van der Waals surface area (Å²) in [5, 5.41) is 20.7. The largest absolute Gasteiger partial charge is 0.499 e. The number of carboxylic acids is 1. The van der Waals surface area contributed by atoms with Crippen molar-refractivity contribution in [2.45, 2.75) is 0 Å². The number of amides is 1.